The summed E-state index contributed by atoms with van der Waals surface area (Å²) in [7, 11) is 0. The minimum absolute atomic E-state index is 0.0127. The van der Waals surface area contributed by atoms with Crippen LogP contribution >= 0.6 is 0 Å². The molecule has 6 nitrogen and oxygen atoms in total. The maximum atomic E-state index is 8.89. The first-order valence-electron chi connectivity index (χ1n) is 6.77. The number of nitrogens with two attached hydrogens (primary N) is 1. The van der Waals surface area contributed by atoms with Gasteiger partial charge in [0.05, 0.1) is 17.8 Å². The van der Waals surface area contributed by atoms with Gasteiger partial charge in [0, 0.05) is 19.0 Å². The average Bonchev–Trinajstić information content (AvgIpc) is 2.37. The molecule has 6 heteroatoms. The molecule has 0 bridgehead atoms. The van der Waals surface area contributed by atoms with Gasteiger partial charge >= 0.3 is 0 Å². The van der Waals surface area contributed by atoms with Crippen LogP contribution in [0.4, 0.5) is 0 Å². The van der Waals surface area contributed by atoms with E-state index in [1.165, 1.54) is 0 Å². The molecule has 1 aliphatic heterocycles. The highest BCUT2D eigenvalue weighted by molar-refractivity contribution is 6.00. The highest BCUT2D eigenvalue weighted by Crippen LogP contribution is 2.26. The van der Waals surface area contributed by atoms with Gasteiger partial charge in [-0.1, -0.05) is 5.16 Å². The van der Waals surface area contributed by atoms with Crippen molar-refractivity contribution in [1.82, 2.24) is 4.98 Å². The zero-order valence-corrected chi connectivity index (χ0v) is 12.0. The number of rotatable bonds is 3. The fraction of sp³-hybridized carbons (Fsp3) is 0.571. The van der Waals surface area contributed by atoms with Crippen LogP contribution in [0.5, 0.6) is 5.88 Å². The third kappa shape index (κ3) is 3.19. The minimum atomic E-state index is 0.0127. The molecule has 0 saturated carbocycles. The van der Waals surface area contributed by atoms with Crippen molar-refractivity contribution in [2.24, 2.45) is 10.9 Å². The Bertz CT molecular complexity index is 494. The summed E-state index contributed by atoms with van der Waals surface area (Å²) in [6, 6.07) is 1.80. The smallest absolute Gasteiger partial charge is 0.225 e. The van der Waals surface area contributed by atoms with Crippen LogP contribution in [0.15, 0.2) is 17.4 Å². The maximum Gasteiger partial charge on any atom is 0.225 e. The van der Waals surface area contributed by atoms with Crippen molar-refractivity contribution in [3.8, 4) is 5.88 Å². The number of nitrogens with zero attached hydrogens (tertiary/aromatic N) is 2. The van der Waals surface area contributed by atoms with E-state index in [2.05, 4.69) is 10.1 Å². The van der Waals surface area contributed by atoms with Crippen LogP contribution < -0.4 is 10.5 Å². The molecule has 20 heavy (non-hydrogen) atoms. The van der Waals surface area contributed by atoms with Crippen LogP contribution in [0.1, 0.15) is 37.8 Å². The van der Waals surface area contributed by atoms with E-state index in [1.807, 2.05) is 20.8 Å². The van der Waals surface area contributed by atoms with Crippen LogP contribution in [-0.4, -0.2) is 34.3 Å². The second-order valence-corrected chi connectivity index (χ2v) is 5.26. The highest BCUT2D eigenvalue weighted by atomic mass is 16.5. The molecule has 0 aromatic carbocycles. The zero-order chi connectivity index (χ0) is 14.7. The lowest BCUT2D eigenvalue weighted by Crippen LogP contribution is -2.36. The monoisotopic (exact) mass is 279 g/mol. The Kier molecular flexibility index (Phi) is 4.44. The number of pyridine rings is 1. The molecule has 0 radical (unpaired) electrons. The molecule has 1 aliphatic rings. The predicted molar refractivity (Wildman–Crippen MR) is 75.1 cm³/mol. The van der Waals surface area contributed by atoms with Crippen molar-refractivity contribution >= 4 is 5.84 Å². The summed E-state index contributed by atoms with van der Waals surface area (Å²) >= 11 is 0. The first-order valence-corrected chi connectivity index (χ1v) is 6.77. The normalized spacial score (nSPS) is 27.4. The lowest BCUT2D eigenvalue weighted by atomic mass is 10.0. The number of hydrogen-bond donors (Lipinski definition) is 2. The Labute approximate surface area is 118 Å². The molecule has 2 unspecified atom stereocenters. The molecular formula is C14H21N3O3. The Morgan fingerprint density at radius 2 is 2.10 bits per heavy atom. The van der Waals surface area contributed by atoms with Crippen LogP contribution in [0.25, 0.3) is 0 Å². The molecule has 2 heterocycles. The second kappa shape index (κ2) is 6.09. The number of aryl methyl sites for hydroxylation is 1. The van der Waals surface area contributed by atoms with Gasteiger partial charge in [0.25, 0.3) is 0 Å². The Balaban J connectivity index is 2.23. The fourth-order valence-corrected chi connectivity index (χ4v) is 2.58. The molecule has 1 fully saturated rings. The van der Waals surface area contributed by atoms with Crippen LogP contribution in [0, 0.1) is 6.92 Å². The minimum Gasteiger partial charge on any atom is -0.474 e. The number of ether oxygens (including phenoxy) is 2. The molecule has 2 atom stereocenters. The van der Waals surface area contributed by atoms with E-state index in [0.717, 1.165) is 18.4 Å². The van der Waals surface area contributed by atoms with Gasteiger partial charge in [0.15, 0.2) is 5.84 Å². The molecule has 1 aromatic rings. The number of aromatic nitrogens is 1. The quantitative estimate of drug-likeness (QED) is 0.381. The molecule has 0 spiro atoms. The van der Waals surface area contributed by atoms with Gasteiger partial charge in [-0.05, 0) is 32.4 Å². The van der Waals surface area contributed by atoms with E-state index in [9.17, 15) is 0 Å². The van der Waals surface area contributed by atoms with E-state index in [4.69, 9.17) is 20.4 Å². The van der Waals surface area contributed by atoms with Gasteiger partial charge in [-0.15, -0.1) is 0 Å². The van der Waals surface area contributed by atoms with Crippen LogP contribution in [0.2, 0.25) is 0 Å². The zero-order valence-electron chi connectivity index (χ0n) is 12.0. The summed E-state index contributed by atoms with van der Waals surface area (Å²) in [5.41, 5.74) is 7.11. The highest BCUT2D eigenvalue weighted by Gasteiger charge is 2.27. The molecule has 3 N–H and O–H groups in total. The molecule has 2 rings (SSSR count). The summed E-state index contributed by atoms with van der Waals surface area (Å²) < 4.78 is 11.7. The lowest BCUT2D eigenvalue weighted by Gasteiger charge is -2.32. The molecule has 0 amide bonds. The van der Waals surface area contributed by atoms with Crippen molar-refractivity contribution in [1.29, 1.82) is 0 Å². The third-order valence-electron chi connectivity index (χ3n) is 3.42. The van der Waals surface area contributed by atoms with E-state index in [1.54, 1.807) is 12.3 Å². The van der Waals surface area contributed by atoms with Gasteiger partial charge in [-0.25, -0.2) is 4.98 Å². The topological polar surface area (TPSA) is 90.0 Å². The van der Waals surface area contributed by atoms with Crippen molar-refractivity contribution in [3.05, 3.63) is 23.4 Å². The molecule has 110 valence electrons. The van der Waals surface area contributed by atoms with Gasteiger partial charge in [-0.2, -0.15) is 0 Å². The summed E-state index contributed by atoms with van der Waals surface area (Å²) in [6.45, 7) is 5.93. The van der Waals surface area contributed by atoms with Crippen LogP contribution in [-0.2, 0) is 4.74 Å². The molecular weight excluding hydrogens is 258 g/mol. The van der Waals surface area contributed by atoms with E-state index < -0.39 is 0 Å². The standard InChI is InChI=1S/C14H21N3O3/c1-8-4-5-16-14(12(8)13(15)17-18)20-11-6-9(2)19-10(3)7-11/h4-5,9-11,18H,6-7H2,1-3H3,(H2,15,17). The average molecular weight is 279 g/mol. The fourth-order valence-electron chi connectivity index (χ4n) is 2.58. The van der Waals surface area contributed by atoms with Gasteiger partial charge < -0.3 is 20.4 Å². The van der Waals surface area contributed by atoms with Gasteiger partial charge in [0.1, 0.15) is 6.10 Å². The molecule has 0 aliphatic carbocycles. The van der Waals surface area contributed by atoms with Crippen molar-refractivity contribution in [2.75, 3.05) is 0 Å². The summed E-state index contributed by atoms with van der Waals surface area (Å²) in [6.07, 6.45) is 3.59. The summed E-state index contributed by atoms with van der Waals surface area (Å²) in [5, 5.41) is 11.9. The third-order valence-corrected chi connectivity index (χ3v) is 3.42. The largest absolute Gasteiger partial charge is 0.474 e. The first-order chi connectivity index (χ1) is 9.51. The summed E-state index contributed by atoms with van der Waals surface area (Å²) in [4.78, 5) is 4.22. The Morgan fingerprint density at radius 1 is 1.45 bits per heavy atom. The SMILES string of the molecule is Cc1ccnc(OC2CC(C)OC(C)C2)c1/C(N)=N/O. The van der Waals surface area contributed by atoms with Crippen molar-refractivity contribution in [3.63, 3.8) is 0 Å². The van der Waals surface area contributed by atoms with Crippen molar-refractivity contribution < 1.29 is 14.7 Å². The predicted octanol–water partition coefficient (Wildman–Crippen LogP) is 1.82. The van der Waals surface area contributed by atoms with E-state index >= 15 is 0 Å². The van der Waals surface area contributed by atoms with Crippen LogP contribution in [0.3, 0.4) is 0 Å². The maximum absolute atomic E-state index is 8.89. The van der Waals surface area contributed by atoms with E-state index in [-0.39, 0.29) is 24.1 Å². The number of oxime groups is 1. The lowest BCUT2D eigenvalue weighted by molar-refractivity contribution is -0.0730. The molecule has 1 saturated heterocycles. The number of amidine groups is 1. The van der Waals surface area contributed by atoms with Gasteiger partial charge in [-0.3, -0.25) is 0 Å². The van der Waals surface area contributed by atoms with Gasteiger partial charge in [0.2, 0.25) is 5.88 Å². The Morgan fingerprint density at radius 3 is 2.70 bits per heavy atom. The molecule has 1 aromatic heterocycles. The Hall–Kier alpha value is -1.82. The summed E-state index contributed by atoms with van der Waals surface area (Å²) in [5.74, 6) is 0.422. The second-order valence-electron chi connectivity index (χ2n) is 5.26. The first kappa shape index (κ1) is 14.6. The number of hydrogen-bond acceptors (Lipinski definition) is 5. The van der Waals surface area contributed by atoms with Crippen molar-refractivity contribution in [2.45, 2.75) is 51.9 Å². The van der Waals surface area contributed by atoms with E-state index in [0.29, 0.717) is 11.4 Å².